The van der Waals surface area contributed by atoms with Crippen LogP contribution in [0.1, 0.15) is 39.0 Å². The number of nitrogens with zero attached hydrogens (tertiary/aromatic N) is 3. The van der Waals surface area contributed by atoms with Crippen LogP contribution in [0, 0.1) is 0 Å². The molecule has 2 rings (SSSR count). The van der Waals surface area contributed by atoms with E-state index in [-0.39, 0.29) is 0 Å². The summed E-state index contributed by atoms with van der Waals surface area (Å²) in [5.74, 6) is 0.330. The van der Waals surface area contributed by atoms with Crippen molar-refractivity contribution in [2.24, 2.45) is 5.73 Å². The van der Waals surface area contributed by atoms with Gasteiger partial charge < -0.3 is 15.5 Å². The van der Waals surface area contributed by atoms with Crippen LogP contribution in [0.25, 0.3) is 0 Å². The lowest BCUT2D eigenvalue weighted by molar-refractivity contribution is -0.132. The standard InChI is InChI=1S/C16H32N4O/c1-2-20(15-6-7-15)16(21)14-19-11-5-10-18(12-13-19)9-4-3-8-17/h15H,2-14,17H2,1H3. The molecule has 0 atom stereocenters. The maximum Gasteiger partial charge on any atom is 0.236 e. The smallest absolute Gasteiger partial charge is 0.236 e. The average Bonchev–Trinajstić information content (AvgIpc) is 3.29. The number of unbranched alkanes of at least 4 members (excludes halogenated alkanes) is 1. The molecule has 5 heteroatoms. The molecule has 5 nitrogen and oxygen atoms in total. The van der Waals surface area contributed by atoms with Crippen molar-refractivity contribution in [3.8, 4) is 0 Å². The summed E-state index contributed by atoms with van der Waals surface area (Å²) in [5.41, 5.74) is 5.55. The third-order valence-electron chi connectivity index (χ3n) is 4.62. The molecule has 1 saturated carbocycles. The SMILES string of the molecule is CCN(C(=O)CN1CCCN(CCCCN)CC1)C1CC1. The van der Waals surface area contributed by atoms with Crippen LogP contribution in [0.2, 0.25) is 0 Å². The van der Waals surface area contributed by atoms with Gasteiger partial charge in [0.25, 0.3) is 0 Å². The van der Waals surface area contributed by atoms with E-state index in [9.17, 15) is 4.79 Å². The molecule has 1 saturated heterocycles. The maximum absolute atomic E-state index is 12.4. The molecule has 0 bridgehead atoms. The minimum Gasteiger partial charge on any atom is -0.339 e. The summed E-state index contributed by atoms with van der Waals surface area (Å²) < 4.78 is 0. The second kappa shape index (κ2) is 8.71. The lowest BCUT2D eigenvalue weighted by Crippen LogP contribution is -2.42. The molecule has 2 aliphatic rings. The topological polar surface area (TPSA) is 52.8 Å². The number of hydrogen-bond donors (Lipinski definition) is 1. The van der Waals surface area contributed by atoms with Crippen molar-refractivity contribution < 1.29 is 4.79 Å². The number of nitrogens with two attached hydrogens (primary N) is 1. The van der Waals surface area contributed by atoms with Crippen molar-refractivity contribution in [3.63, 3.8) is 0 Å². The van der Waals surface area contributed by atoms with Crippen LogP contribution < -0.4 is 5.73 Å². The van der Waals surface area contributed by atoms with Gasteiger partial charge in [-0.05, 0) is 65.2 Å². The maximum atomic E-state index is 12.4. The Morgan fingerprint density at radius 1 is 1.14 bits per heavy atom. The lowest BCUT2D eigenvalue weighted by atomic mass is 10.3. The molecule has 1 aliphatic carbocycles. The van der Waals surface area contributed by atoms with E-state index in [2.05, 4.69) is 21.6 Å². The molecular formula is C16H32N4O. The highest BCUT2D eigenvalue weighted by atomic mass is 16.2. The van der Waals surface area contributed by atoms with Gasteiger partial charge >= 0.3 is 0 Å². The van der Waals surface area contributed by atoms with E-state index in [0.29, 0.717) is 18.5 Å². The predicted octanol–water partition coefficient (Wildman–Crippen LogP) is 0.744. The molecule has 1 heterocycles. The van der Waals surface area contributed by atoms with Crippen molar-refractivity contribution in [1.82, 2.24) is 14.7 Å². The van der Waals surface area contributed by atoms with Crippen molar-refractivity contribution in [2.75, 3.05) is 52.4 Å². The Balaban J connectivity index is 1.70. The van der Waals surface area contributed by atoms with Crippen molar-refractivity contribution in [1.29, 1.82) is 0 Å². The average molecular weight is 296 g/mol. The van der Waals surface area contributed by atoms with Gasteiger partial charge in [-0.2, -0.15) is 0 Å². The molecule has 0 spiro atoms. The first-order valence-electron chi connectivity index (χ1n) is 8.68. The van der Waals surface area contributed by atoms with Crippen LogP contribution in [0.4, 0.5) is 0 Å². The van der Waals surface area contributed by atoms with Crippen LogP contribution in [0.5, 0.6) is 0 Å². The normalized spacial score (nSPS) is 21.2. The largest absolute Gasteiger partial charge is 0.339 e. The monoisotopic (exact) mass is 296 g/mol. The third kappa shape index (κ3) is 5.57. The molecule has 21 heavy (non-hydrogen) atoms. The summed E-state index contributed by atoms with van der Waals surface area (Å²) in [6.07, 6.45) is 5.89. The molecule has 1 aliphatic heterocycles. The Kier molecular flexibility index (Phi) is 6.93. The zero-order valence-corrected chi connectivity index (χ0v) is 13.6. The van der Waals surface area contributed by atoms with Crippen LogP contribution in [-0.4, -0.2) is 79.0 Å². The molecule has 0 unspecified atom stereocenters. The highest BCUT2D eigenvalue weighted by Gasteiger charge is 2.32. The zero-order chi connectivity index (χ0) is 15.1. The first-order valence-corrected chi connectivity index (χ1v) is 8.68. The number of rotatable bonds is 8. The number of amides is 1. The molecular weight excluding hydrogens is 264 g/mol. The molecule has 2 N–H and O–H groups in total. The van der Waals surface area contributed by atoms with Crippen LogP contribution in [-0.2, 0) is 4.79 Å². The summed E-state index contributed by atoms with van der Waals surface area (Å²) in [4.78, 5) is 19.3. The number of hydrogen-bond acceptors (Lipinski definition) is 4. The predicted molar refractivity (Wildman–Crippen MR) is 86.2 cm³/mol. The summed E-state index contributed by atoms with van der Waals surface area (Å²) in [5, 5.41) is 0. The Hall–Kier alpha value is -0.650. The minimum atomic E-state index is 0.330. The second-order valence-electron chi connectivity index (χ2n) is 6.38. The first-order chi connectivity index (χ1) is 10.2. The molecule has 122 valence electrons. The summed E-state index contributed by atoms with van der Waals surface area (Å²) in [7, 11) is 0. The van der Waals surface area contributed by atoms with Gasteiger partial charge in [-0.25, -0.2) is 0 Å². The number of carbonyl (C=O) groups excluding carboxylic acids is 1. The quantitative estimate of drug-likeness (QED) is 0.672. The fourth-order valence-electron chi connectivity index (χ4n) is 3.19. The molecule has 0 aromatic carbocycles. The van der Waals surface area contributed by atoms with Gasteiger partial charge in [0.2, 0.25) is 5.91 Å². The number of likely N-dealkylation sites (N-methyl/N-ethyl adjacent to an activating group) is 1. The van der Waals surface area contributed by atoms with E-state index in [1.54, 1.807) is 0 Å². The van der Waals surface area contributed by atoms with E-state index in [1.807, 2.05) is 0 Å². The van der Waals surface area contributed by atoms with Gasteiger partial charge in [-0.3, -0.25) is 9.69 Å². The summed E-state index contributed by atoms with van der Waals surface area (Å²) in [6, 6.07) is 0.544. The highest BCUT2D eigenvalue weighted by Crippen LogP contribution is 2.26. The van der Waals surface area contributed by atoms with E-state index in [1.165, 1.54) is 25.7 Å². The van der Waals surface area contributed by atoms with Gasteiger partial charge in [0.05, 0.1) is 6.54 Å². The molecule has 1 amide bonds. The fraction of sp³-hybridized carbons (Fsp3) is 0.938. The van der Waals surface area contributed by atoms with Gasteiger partial charge in [-0.15, -0.1) is 0 Å². The van der Waals surface area contributed by atoms with Crippen LogP contribution >= 0.6 is 0 Å². The fourth-order valence-corrected chi connectivity index (χ4v) is 3.19. The van der Waals surface area contributed by atoms with Crippen molar-refractivity contribution >= 4 is 5.91 Å². The van der Waals surface area contributed by atoms with Gasteiger partial charge in [0.15, 0.2) is 0 Å². The summed E-state index contributed by atoms with van der Waals surface area (Å²) in [6.45, 7) is 9.85. The van der Waals surface area contributed by atoms with Crippen molar-refractivity contribution in [3.05, 3.63) is 0 Å². The van der Waals surface area contributed by atoms with Gasteiger partial charge in [-0.1, -0.05) is 0 Å². The Bertz CT molecular complexity index is 319. The lowest BCUT2D eigenvalue weighted by Gasteiger charge is -2.26. The summed E-state index contributed by atoms with van der Waals surface area (Å²) >= 11 is 0. The molecule has 0 radical (unpaired) electrons. The van der Waals surface area contributed by atoms with Gasteiger partial charge in [0.1, 0.15) is 0 Å². The van der Waals surface area contributed by atoms with E-state index in [4.69, 9.17) is 5.73 Å². The Morgan fingerprint density at radius 2 is 1.86 bits per heavy atom. The number of carbonyl (C=O) groups is 1. The van der Waals surface area contributed by atoms with E-state index < -0.39 is 0 Å². The van der Waals surface area contributed by atoms with Crippen LogP contribution in [0.15, 0.2) is 0 Å². The zero-order valence-electron chi connectivity index (χ0n) is 13.6. The molecule has 0 aromatic heterocycles. The highest BCUT2D eigenvalue weighted by molar-refractivity contribution is 5.78. The minimum absolute atomic E-state index is 0.330. The first kappa shape index (κ1) is 16.7. The molecule has 2 fully saturated rings. The Labute approximate surface area is 129 Å². The Morgan fingerprint density at radius 3 is 2.52 bits per heavy atom. The van der Waals surface area contributed by atoms with Crippen LogP contribution in [0.3, 0.4) is 0 Å². The van der Waals surface area contributed by atoms with E-state index in [0.717, 1.165) is 52.2 Å². The van der Waals surface area contributed by atoms with E-state index >= 15 is 0 Å². The van der Waals surface area contributed by atoms with Gasteiger partial charge in [0, 0.05) is 25.7 Å². The van der Waals surface area contributed by atoms with Crippen molar-refractivity contribution in [2.45, 2.75) is 45.1 Å². The second-order valence-corrected chi connectivity index (χ2v) is 6.38. The third-order valence-corrected chi connectivity index (χ3v) is 4.62. The molecule has 0 aromatic rings.